The molecule has 2 amide bonds. The molecule has 1 aromatic carbocycles. The zero-order valence-corrected chi connectivity index (χ0v) is 16.2. The average molecular weight is 404 g/mol. The first kappa shape index (κ1) is 21.0. The number of thiophene rings is 1. The van der Waals surface area contributed by atoms with Crippen molar-refractivity contribution in [2.75, 3.05) is 20.8 Å². The van der Waals surface area contributed by atoms with Crippen LogP contribution >= 0.6 is 11.3 Å². The second kappa shape index (κ2) is 10.1. The van der Waals surface area contributed by atoms with Crippen molar-refractivity contribution in [3.05, 3.63) is 52.2 Å². The van der Waals surface area contributed by atoms with E-state index < -0.39 is 23.8 Å². The molecule has 0 aliphatic carbocycles. The lowest BCUT2D eigenvalue weighted by atomic mass is 10.2. The first-order valence-electron chi connectivity index (χ1n) is 8.13. The highest BCUT2D eigenvalue weighted by Gasteiger charge is 2.23. The van der Waals surface area contributed by atoms with Gasteiger partial charge in [0.05, 0.1) is 14.2 Å². The van der Waals surface area contributed by atoms with Gasteiger partial charge in [-0.05, 0) is 35.2 Å². The maximum Gasteiger partial charge on any atom is 0.333 e. The number of primary amides is 1. The van der Waals surface area contributed by atoms with E-state index in [1.54, 1.807) is 41.8 Å². The molecule has 0 aliphatic rings. The average Bonchev–Trinajstić information content (AvgIpc) is 3.22. The predicted molar refractivity (Wildman–Crippen MR) is 104 cm³/mol. The Balaban J connectivity index is 2.08. The van der Waals surface area contributed by atoms with E-state index in [0.29, 0.717) is 21.9 Å². The van der Waals surface area contributed by atoms with E-state index >= 15 is 0 Å². The van der Waals surface area contributed by atoms with E-state index in [1.807, 2.05) is 0 Å². The molecule has 1 heterocycles. The third-order valence-electron chi connectivity index (χ3n) is 3.54. The Labute approximate surface area is 165 Å². The van der Waals surface area contributed by atoms with Crippen LogP contribution in [0.1, 0.15) is 16.5 Å². The molecule has 0 radical (unpaired) electrons. The molecule has 0 saturated heterocycles. The van der Waals surface area contributed by atoms with Gasteiger partial charge in [-0.2, -0.15) is 0 Å². The van der Waals surface area contributed by atoms with Crippen molar-refractivity contribution in [3.8, 4) is 11.5 Å². The molecule has 0 bridgehead atoms. The van der Waals surface area contributed by atoms with Gasteiger partial charge in [0.2, 0.25) is 5.91 Å². The number of amides is 2. The van der Waals surface area contributed by atoms with Crippen LogP contribution in [0.5, 0.6) is 11.5 Å². The van der Waals surface area contributed by atoms with Crippen molar-refractivity contribution in [2.24, 2.45) is 5.73 Å². The molecular formula is C19H20N2O6S. The van der Waals surface area contributed by atoms with Crippen molar-refractivity contribution in [3.63, 3.8) is 0 Å². The Bertz CT molecular complexity index is 863. The molecule has 28 heavy (non-hydrogen) atoms. The molecule has 2 rings (SSSR count). The molecule has 0 spiro atoms. The number of nitrogens with one attached hydrogen (secondary N) is 1. The van der Waals surface area contributed by atoms with Gasteiger partial charge in [-0.15, -0.1) is 11.3 Å². The second-order valence-electron chi connectivity index (χ2n) is 5.48. The number of hydrogen-bond acceptors (Lipinski definition) is 7. The summed E-state index contributed by atoms with van der Waals surface area (Å²) in [6.45, 7) is -0.272. The summed E-state index contributed by atoms with van der Waals surface area (Å²) < 4.78 is 15.2. The quantitative estimate of drug-likeness (QED) is 0.485. The van der Waals surface area contributed by atoms with Gasteiger partial charge in [0.15, 0.2) is 24.1 Å². The first-order valence-corrected chi connectivity index (χ1v) is 9.01. The van der Waals surface area contributed by atoms with Gasteiger partial charge in [0.1, 0.15) is 0 Å². The third kappa shape index (κ3) is 5.85. The number of benzene rings is 1. The van der Waals surface area contributed by atoms with E-state index in [4.69, 9.17) is 19.9 Å². The summed E-state index contributed by atoms with van der Waals surface area (Å²) in [5.41, 5.74) is 5.71. The minimum Gasteiger partial charge on any atom is -0.493 e. The van der Waals surface area contributed by atoms with Crippen LogP contribution in [0.25, 0.3) is 6.08 Å². The zero-order valence-electron chi connectivity index (χ0n) is 15.3. The van der Waals surface area contributed by atoms with Crippen molar-refractivity contribution >= 4 is 35.2 Å². The molecular weight excluding hydrogens is 384 g/mol. The largest absolute Gasteiger partial charge is 0.493 e. The summed E-state index contributed by atoms with van der Waals surface area (Å²) in [7, 11) is 2.72. The van der Waals surface area contributed by atoms with E-state index in [9.17, 15) is 14.4 Å². The van der Waals surface area contributed by atoms with Crippen LogP contribution < -0.4 is 20.5 Å². The maximum atomic E-state index is 12.2. The number of carbonyl (C=O) groups is 3. The molecule has 2 aromatic rings. The molecule has 9 heteroatoms. The van der Waals surface area contributed by atoms with Gasteiger partial charge < -0.3 is 25.3 Å². The summed E-state index contributed by atoms with van der Waals surface area (Å²) in [6.07, 6.45) is 2.85. The molecule has 0 aliphatic heterocycles. The van der Waals surface area contributed by atoms with Crippen LogP contribution in [0.4, 0.5) is 0 Å². The Morgan fingerprint density at radius 3 is 2.61 bits per heavy atom. The van der Waals surface area contributed by atoms with Crippen molar-refractivity contribution in [1.82, 2.24) is 5.32 Å². The Kier molecular flexibility index (Phi) is 7.58. The van der Waals surface area contributed by atoms with Crippen LogP contribution in [0, 0.1) is 0 Å². The number of carbonyl (C=O) groups excluding carboxylic acids is 3. The Morgan fingerprint density at radius 1 is 1.21 bits per heavy atom. The van der Waals surface area contributed by atoms with Crippen molar-refractivity contribution in [1.29, 1.82) is 0 Å². The van der Waals surface area contributed by atoms with E-state index in [2.05, 4.69) is 5.32 Å². The Morgan fingerprint density at radius 2 is 2.00 bits per heavy atom. The normalized spacial score (nSPS) is 11.6. The third-order valence-corrected chi connectivity index (χ3v) is 4.47. The number of ether oxygens (including phenoxy) is 3. The lowest BCUT2D eigenvalue weighted by molar-refractivity contribution is -0.144. The molecule has 0 saturated carbocycles. The summed E-state index contributed by atoms with van der Waals surface area (Å²) in [6, 6.07) is 7.57. The highest BCUT2D eigenvalue weighted by Crippen LogP contribution is 2.28. The molecule has 8 nitrogen and oxygen atoms in total. The fraction of sp³-hybridized carbons (Fsp3) is 0.211. The van der Waals surface area contributed by atoms with E-state index in [-0.39, 0.29) is 6.61 Å². The van der Waals surface area contributed by atoms with E-state index in [0.717, 1.165) is 0 Å². The molecule has 1 unspecified atom stereocenters. The monoisotopic (exact) mass is 404 g/mol. The fourth-order valence-corrected chi connectivity index (χ4v) is 3.00. The van der Waals surface area contributed by atoms with Crippen LogP contribution in [0.2, 0.25) is 0 Å². The van der Waals surface area contributed by atoms with Gasteiger partial charge in [-0.25, -0.2) is 4.79 Å². The van der Waals surface area contributed by atoms with Crippen LogP contribution in [-0.4, -0.2) is 38.6 Å². The highest BCUT2D eigenvalue weighted by atomic mass is 32.1. The predicted octanol–water partition coefficient (Wildman–Crippen LogP) is 1.66. The van der Waals surface area contributed by atoms with Crippen molar-refractivity contribution < 1.29 is 28.6 Å². The number of hydrogen-bond donors (Lipinski definition) is 2. The smallest absolute Gasteiger partial charge is 0.333 e. The topological polar surface area (TPSA) is 117 Å². The second-order valence-corrected chi connectivity index (χ2v) is 6.46. The van der Waals surface area contributed by atoms with Crippen LogP contribution in [-0.2, 0) is 19.1 Å². The summed E-state index contributed by atoms with van der Waals surface area (Å²) in [5, 5.41) is 4.42. The molecule has 148 valence electrons. The van der Waals surface area contributed by atoms with Gasteiger partial charge in [0, 0.05) is 11.0 Å². The van der Waals surface area contributed by atoms with Crippen LogP contribution in [0.15, 0.2) is 41.8 Å². The minimum absolute atomic E-state index is 0.272. The summed E-state index contributed by atoms with van der Waals surface area (Å²) in [4.78, 5) is 35.7. The first-order chi connectivity index (χ1) is 13.4. The molecule has 1 atom stereocenters. The molecule has 1 aromatic heterocycles. The van der Waals surface area contributed by atoms with Gasteiger partial charge in [-0.3, -0.25) is 9.59 Å². The highest BCUT2D eigenvalue weighted by molar-refractivity contribution is 7.10. The molecule has 0 fully saturated rings. The van der Waals surface area contributed by atoms with Crippen LogP contribution in [0.3, 0.4) is 0 Å². The van der Waals surface area contributed by atoms with E-state index in [1.165, 1.54) is 31.6 Å². The minimum atomic E-state index is -0.874. The number of esters is 1. The lowest BCUT2D eigenvalue weighted by Crippen LogP contribution is -2.32. The number of nitrogens with two attached hydrogens (primary N) is 1. The van der Waals surface area contributed by atoms with Crippen molar-refractivity contribution in [2.45, 2.75) is 6.04 Å². The lowest BCUT2D eigenvalue weighted by Gasteiger charge is -2.13. The zero-order chi connectivity index (χ0) is 20.5. The number of methoxy groups -OCH3 is 2. The molecule has 3 N–H and O–H groups in total. The van der Waals surface area contributed by atoms with Gasteiger partial charge in [-0.1, -0.05) is 12.1 Å². The standard InChI is InChI=1S/C19H20N2O6S/c1-25-14-10-12(5-7-13(14)27-11-16(20)22)6-8-17(23)21-18(19(24)26-2)15-4-3-9-28-15/h3-10,18H,11H2,1-2H3,(H2,20,22)(H,21,23)/b8-6+. The SMILES string of the molecule is COC(=O)C(NC(=O)/C=C/c1ccc(OCC(N)=O)c(OC)c1)c1cccs1. The maximum absolute atomic E-state index is 12.2. The Hall–Kier alpha value is -3.33. The summed E-state index contributed by atoms with van der Waals surface area (Å²) >= 11 is 1.34. The number of rotatable bonds is 9. The van der Waals surface area contributed by atoms with Gasteiger partial charge >= 0.3 is 5.97 Å². The fourth-order valence-electron chi connectivity index (χ4n) is 2.24. The van der Waals surface area contributed by atoms with Gasteiger partial charge in [0.25, 0.3) is 5.91 Å². The summed E-state index contributed by atoms with van der Waals surface area (Å²) in [5.74, 6) is -0.881.